The number of fused-ring (bicyclic) bond motifs is 1. The van der Waals surface area contributed by atoms with Gasteiger partial charge in [-0.25, -0.2) is 4.39 Å². The molecule has 1 aromatic carbocycles. The van der Waals surface area contributed by atoms with E-state index in [9.17, 15) is 9.18 Å². The molecule has 5 heteroatoms. The molecule has 1 amide bonds. The van der Waals surface area contributed by atoms with Gasteiger partial charge in [0.15, 0.2) is 0 Å². The molecule has 3 rings (SSSR count). The predicted octanol–water partition coefficient (Wildman–Crippen LogP) is 1.65. The van der Waals surface area contributed by atoms with Crippen LogP contribution in [0.2, 0.25) is 0 Å². The Kier molecular flexibility index (Phi) is 4.10. The van der Waals surface area contributed by atoms with E-state index in [-0.39, 0.29) is 23.7 Å². The van der Waals surface area contributed by atoms with Crippen molar-refractivity contribution in [3.05, 3.63) is 29.6 Å². The quantitative estimate of drug-likeness (QED) is 0.886. The summed E-state index contributed by atoms with van der Waals surface area (Å²) in [6.07, 6.45) is 1.85. The Morgan fingerprint density at radius 3 is 3.10 bits per heavy atom. The van der Waals surface area contributed by atoms with E-state index in [4.69, 9.17) is 0 Å². The summed E-state index contributed by atoms with van der Waals surface area (Å²) in [4.78, 5) is 13.9. The summed E-state index contributed by atoms with van der Waals surface area (Å²) in [6, 6.07) is 5.52. The van der Waals surface area contributed by atoms with E-state index in [1.807, 2.05) is 19.1 Å². The van der Waals surface area contributed by atoms with E-state index in [2.05, 4.69) is 15.5 Å². The molecule has 2 aliphatic heterocycles. The van der Waals surface area contributed by atoms with Crippen LogP contribution in [0.4, 0.5) is 10.1 Å². The van der Waals surface area contributed by atoms with Gasteiger partial charge in [0.2, 0.25) is 5.91 Å². The number of carbonyl (C=O) groups excluding carboxylic acids is 1. The van der Waals surface area contributed by atoms with Crippen LogP contribution in [0.5, 0.6) is 0 Å². The summed E-state index contributed by atoms with van der Waals surface area (Å²) >= 11 is 0. The van der Waals surface area contributed by atoms with Crippen LogP contribution < -0.4 is 15.5 Å². The molecular weight excluding hydrogens is 269 g/mol. The maximum absolute atomic E-state index is 14.4. The number of anilines is 1. The van der Waals surface area contributed by atoms with Crippen molar-refractivity contribution < 1.29 is 9.18 Å². The van der Waals surface area contributed by atoms with Crippen molar-refractivity contribution >= 4 is 11.6 Å². The third kappa shape index (κ3) is 2.75. The molecule has 0 spiro atoms. The molecule has 21 heavy (non-hydrogen) atoms. The van der Waals surface area contributed by atoms with Gasteiger partial charge in [0.05, 0.1) is 17.6 Å². The maximum Gasteiger partial charge on any atom is 0.225 e. The number of piperidine rings is 1. The van der Waals surface area contributed by atoms with E-state index >= 15 is 0 Å². The lowest BCUT2D eigenvalue weighted by Crippen LogP contribution is -2.46. The number of hydrogen-bond acceptors (Lipinski definition) is 3. The summed E-state index contributed by atoms with van der Waals surface area (Å²) in [7, 11) is 0. The Balaban J connectivity index is 1.81. The van der Waals surface area contributed by atoms with E-state index in [0.717, 1.165) is 31.5 Å². The molecule has 2 N–H and O–H groups in total. The topological polar surface area (TPSA) is 44.4 Å². The lowest BCUT2D eigenvalue weighted by molar-refractivity contribution is -0.123. The third-order valence-electron chi connectivity index (χ3n) is 4.50. The monoisotopic (exact) mass is 291 g/mol. The van der Waals surface area contributed by atoms with Crippen molar-refractivity contribution in [2.45, 2.75) is 32.4 Å². The predicted molar refractivity (Wildman–Crippen MR) is 80.6 cm³/mol. The van der Waals surface area contributed by atoms with Crippen LogP contribution in [0.25, 0.3) is 0 Å². The summed E-state index contributed by atoms with van der Waals surface area (Å²) in [5.41, 5.74) is 1.58. The molecule has 2 saturated heterocycles. The molecule has 4 nitrogen and oxygen atoms in total. The van der Waals surface area contributed by atoms with Crippen molar-refractivity contribution in [3.8, 4) is 0 Å². The Morgan fingerprint density at radius 2 is 2.33 bits per heavy atom. The molecule has 2 heterocycles. The summed E-state index contributed by atoms with van der Waals surface area (Å²) in [5.74, 6) is -0.0566. The number of amides is 1. The van der Waals surface area contributed by atoms with Crippen molar-refractivity contribution in [1.29, 1.82) is 0 Å². The number of nitrogens with one attached hydrogen (secondary N) is 2. The highest BCUT2D eigenvalue weighted by molar-refractivity contribution is 5.83. The smallest absolute Gasteiger partial charge is 0.225 e. The average Bonchev–Trinajstić information content (AvgIpc) is 2.87. The fourth-order valence-corrected chi connectivity index (χ4v) is 3.41. The van der Waals surface area contributed by atoms with E-state index in [1.54, 1.807) is 6.07 Å². The molecule has 0 aromatic heterocycles. The van der Waals surface area contributed by atoms with Gasteiger partial charge in [0.1, 0.15) is 5.82 Å². The molecule has 2 atom stereocenters. The zero-order chi connectivity index (χ0) is 14.8. The van der Waals surface area contributed by atoms with Crippen LogP contribution in [-0.4, -0.2) is 31.6 Å². The fourth-order valence-electron chi connectivity index (χ4n) is 3.41. The van der Waals surface area contributed by atoms with Crippen molar-refractivity contribution in [2.75, 3.05) is 24.5 Å². The van der Waals surface area contributed by atoms with Gasteiger partial charge in [-0.2, -0.15) is 0 Å². The highest BCUT2D eigenvalue weighted by Crippen LogP contribution is 2.33. The normalized spacial score (nSPS) is 24.9. The van der Waals surface area contributed by atoms with Gasteiger partial charge in [-0.05, 0) is 37.1 Å². The minimum Gasteiger partial charge on any atom is -0.364 e. The minimum absolute atomic E-state index is 0.0135. The summed E-state index contributed by atoms with van der Waals surface area (Å²) < 4.78 is 14.4. The van der Waals surface area contributed by atoms with Gasteiger partial charge in [-0.15, -0.1) is 0 Å². The molecule has 1 aromatic rings. The molecule has 0 radical (unpaired) electrons. The zero-order valence-electron chi connectivity index (χ0n) is 12.4. The first kappa shape index (κ1) is 14.3. The van der Waals surface area contributed by atoms with Gasteiger partial charge < -0.3 is 15.5 Å². The minimum atomic E-state index is -0.189. The fraction of sp³-hybridized carbons (Fsp3) is 0.562. The Bertz CT molecular complexity index is 534. The van der Waals surface area contributed by atoms with Crippen LogP contribution >= 0.6 is 0 Å². The second-order valence-electron chi connectivity index (χ2n) is 5.82. The molecule has 2 aliphatic rings. The van der Waals surface area contributed by atoms with Crippen molar-refractivity contribution in [2.24, 2.45) is 5.92 Å². The lowest BCUT2D eigenvalue weighted by atomic mass is 9.91. The second-order valence-corrected chi connectivity index (χ2v) is 5.82. The van der Waals surface area contributed by atoms with Crippen LogP contribution in [0.15, 0.2) is 18.2 Å². The largest absolute Gasteiger partial charge is 0.364 e. The van der Waals surface area contributed by atoms with Crippen LogP contribution in [-0.2, 0) is 11.3 Å². The average molecular weight is 291 g/mol. The number of nitrogens with zero attached hydrogens (tertiary/aromatic N) is 1. The van der Waals surface area contributed by atoms with Crippen LogP contribution in [0.3, 0.4) is 0 Å². The van der Waals surface area contributed by atoms with Gasteiger partial charge in [-0.3, -0.25) is 4.79 Å². The second kappa shape index (κ2) is 6.02. The maximum atomic E-state index is 14.4. The van der Waals surface area contributed by atoms with E-state index < -0.39 is 0 Å². The van der Waals surface area contributed by atoms with Crippen molar-refractivity contribution in [1.82, 2.24) is 10.6 Å². The molecular formula is C16H22FN3O. The van der Waals surface area contributed by atoms with E-state index in [0.29, 0.717) is 18.8 Å². The Labute approximate surface area is 124 Å². The third-order valence-corrected chi connectivity index (χ3v) is 4.50. The van der Waals surface area contributed by atoms with Gasteiger partial charge >= 0.3 is 0 Å². The number of rotatable bonds is 4. The lowest BCUT2D eigenvalue weighted by Gasteiger charge is -2.37. The first-order chi connectivity index (χ1) is 10.2. The molecule has 0 saturated carbocycles. The summed E-state index contributed by atoms with van der Waals surface area (Å²) in [5, 5.41) is 6.11. The number of carbonyl (C=O) groups is 1. The van der Waals surface area contributed by atoms with Crippen LogP contribution in [0.1, 0.15) is 25.3 Å². The molecule has 0 bridgehead atoms. The number of halogens is 1. The molecule has 0 aliphatic carbocycles. The van der Waals surface area contributed by atoms with E-state index in [1.165, 1.54) is 0 Å². The zero-order valence-corrected chi connectivity index (χ0v) is 12.4. The standard InChI is InChI=1S/C16H22FN3O/c1-2-18-9-11-5-6-14(13(17)8-11)20-7-3-4-12-15(20)10-19-16(12)21/h5-6,8,12,15,18H,2-4,7,9-10H2,1H3,(H,19,21). The highest BCUT2D eigenvalue weighted by Gasteiger charge is 2.41. The first-order valence-corrected chi connectivity index (χ1v) is 7.74. The highest BCUT2D eigenvalue weighted by atomic mass is 19.1. The molecule has 2 fully saturated rings. The Hall–Kier alpha value is -1.62. The number of hydrogen-bond donors (Lipinski definition) is 2. The van der Waals surface area contributed by atoms with Gasteiger partial charge in [0, 0.05) is 19.6 Å². The summed E-state index contributed by atoms with van der Waals surface area (Å²) in [6.45, 7) is 5.03. The van der Waals surface area contributed by atoms with Crippen molar-refractivity contribution in [3.63, 3.8) is 0 Å². The molecule has 2 unspecified atom stereocenters. The Morgan fingerprint density at radius 1 is 1.48 bits per heavy atom. The van der Waals surface area contributed by atoms with Gasteiger partial charge in [-0.1, -0.05) is 13.0 Å². The number of benzene rings is 1. The first-order valence-electron chi connectivity index (χ1n) is 7.74. The SMILES string of the molecule is CCNCc1ccc(N2CCCC3C(=O)NCC32)c(F)c1. The molecule has 114 valence electrons. The van der Waals surface area contributed by atoms with Crippen LogP contribution in [0, 0.1) is 11.7 Å². The van der Waals surface area contributed by atoms with Gasteiger partial charge in [0.25, 0.3) is 0 Å².